The molecule has 6 nitrogen and oxygen atoms in total. The molecular weight excluding hydrogens is 318 g/mol. The predicted molar refractivity (Wildman–Crippen MR) is 87.7 cm³/mol. The van der Waals surface area contributed by atoms with Crippen molar-refractivity contribution in [3.8, 4) is 11.6 Å². The van der Waals surface area contributed by atoms with Gasteiger partial charge in [-0.1, -0.05) is 6.07 Å². The summed E-state index contributed by atoms with van der Waals surface area (Å²) in [6.45, 7) is -0.435. The minimum Gasteiger partial charge on any atom is -0.497 e. The predicted octanol–water partition coefficient (Wildman–Crippen LogP) is 2.66. The lowest BCUT2D eigenvalue weighted by Gasteiger charge is -2.08. The molecule has 1 aromatic heterocycles. The molecule has 0 fully saturated rings. The number of methoxy groups -OCH3 is 1. The molecule has 128 valence electrons. The van der Waals surface area contributed by atoms with E-state index < -0.39 is 13.0 Å². The number of alkyl halides is 2. The average molecular weight is 336 g/mol. The van der Waals surface area contributed by atoms with Crippen LogP contribution in [0, 0.1) is 0 Å². The Balaban J connectivity index is 1.95. The van der Waals surface area contributed by atoms with Crippen molar-refractivity contribution in [3.63, 3.8) is 0 Å². The Labute approximate surface area is 138 Å². The summed E-state index contributed by atoms with van der Waals surface area (Å²) in [7, 11) is 1.58. The fourth-order valence-electron chi connectivity index (χ4n) is 1.84. The molecule has 0 bridgehead atoms. The van der Waals surface area contributed by atoms with Crippen molar-refractivity contribution in [1.82, 2.24) is 4.98 Å². The molecular formula is C16H18F2N4O2. The zero-order chi connectivity index (χ0) is 17.4. The lowest BCUT2D eigenvalue weighted by Crippen LogP contribution is -2.22. The Morgan fingerprint density at radius 1 is 1.33 bits per heavy atom. The number of guanidine groups is 1. The topological polar surface area (TPSA) is 81.8 Å². The van der Waals surface area contributed by atoms with Gasteiger partial charge in [-0.15, -0.1) is 0 Å². The SMILES string of the molecule is COc1cccc(NC(N)=NCc2ccnc(OCC(F)F)c2)c1. The number of aliphatic imine (C=N–C) groups is 1. The number of benzene rings is 1. The Morgan fingerprint density at radius 3 is 2.92 bits per heavy atom. The standard InChI is InChI=1S/C16H18F2N4O2/c1-23-13-4-2-3-12(8-13)22-16(19)21-9-11-5-6-20-15(7-11)24-10-14(17)18/h2-8,14H,9-10H2,1H3,(H3,19,21,22). The summed E-state index contributed by atoms with van der Waals surface area (Å²) in [5, 5.41) is 2.94. The van der Waals surface area contributed by atoms with Crippen LogP contribution in [0.5, 0.6) is 11.6 Å². The quantitative estimate of drug-likeness (QED) is 0.600. The molecule has 1 aromatic carbocycles. The van der Waals surface area contributed by atoms with Gasteiger partial charge >= 0.3 is 0 Å². The molecule has 8 heteroatoms. The lowest BCUT2D eigenvalue weighted by atomic mass is 10.3. The van der Waals surface area contributed by atoms with Crippen LogP contribution in [0.1, 0.15) is 5.56 Å². The summed E-state index contributed by atoms with van der Waals surface area (Å²) in [6, 6.07) is 10.5. The van der Waals surface area contributed by atoms with E-state index in [1.54, 1.807) is 25.3 Å². The molecule has 0 unspecified atom stereocenters. The van der Waals surface area contributed by atoms with Crippen molar-refractivity contribution in [2.75, 3.05) is 19.0 Å². The molecule has 2 aromatic rings. The highest BCUT2D eigenvalue weighted by molar-refractivity contribution is 5.92. The maximum atomic E-state index is 12.1. The van der Waals surface area contributed by atoms with Crippen molar-refractivity contribution in [2.24, 2.45) is 10.7 Å². The highest BCUT2D eigenvalue weighted by Crippen LogP contribution is 2.16. The molecule has 0 atom stereocenters. The fraction of sp³-hybridized carbons (Fsp3) is 0.250. The van der Waals surface area contributed by atoms with Crippen LogP contribution in [0.15, 0.2) is 47.6 Å². The van der Waals surface area contributed by atoms with E-state index in [2.05, 4.69) is 15.3 Å². The maximum absolute atomic E-state index is 12.1. The molecule has 24 heavy (non-hydrogen) atoms. The van der Waals surface area contributed by atoms with Crippen LogP contribution in [0.25, 0.3) is 0 Å². The molecule has 0 aliphatic heterocycles. The van der Waals surface area contributed by atoms with Crippen LogP contribution in [-0.2, 0) is 6.54 Å². The number of pyridine rings is 1. The Kier molecular flexibility index (Phi) is 6.30. The minimum atomic E-state index is -2.55. The highest BCUT2D eigenvalue weighted by Gasteiger charge is 2.05. The third-order valence-electron chi connectivity index (χ3n) is 2.93. The van der Waals surface area contributed by atoms with Gasteiger partial charge in [0.15, 0.2) is 12.6 Å². The van der Waals surface area contributed by atoms with Gasteiger partial charge in [-0.3, -0.25) is 0 Å². The first-order valence-corrected chi connectivity index (χ1v) is 7.13. The maximum Gasteiger partial charge on any atom is 0.272 e. The number of hydrogen-bond donors (Lipinski definition) is 2. The summed E-state index contributed by atoms with van der Waals surface area (Å²) in [4.78, 5) is 8.05. The van der Waals surface area contributed by atoms with Crippen LogP contribution in [0.4, 0.5) is 14.5 Å². The first kappa shape index (κ1) is 17.5. The largest absolute Gasteiger partial charge is 0.497 e. The van der Waals surface area contributed by atoms with Gasteiger partial charge in [-0.2, -0.15) is 0 Å². The number of anilines is 1. The van der Waals surface area contributed by atoms with Crippen molar-refractivity contribution in [2.45, 2.75) is 13.0 Å². The second kappa shape index (κ2) is 8.66. The number of rotatable bonds is 7. The average Bonchev–Trinajstić information content (AvgIpc) is 2.59. The van der Waals surface area contributed by atoms with Gasteiger partial charge in [0.05, 0.1) is 13.7 Å². The normalized spacial score (nSPS) is 11.4. The van der Waals surface area contributed by atoms with Crippen LogP contribution < -0.4 is 20.5 Å². The number of nitrogens with two attached hydrogens (primary N) is 1. The molecule has 0 radical (unpaired) electrons. The van der Waals surface area contributed by atoms with Gasteiger partial charge in [0.2, 0.25) is 5.88 Å². The minimum absolute atomic E-state index is 0.127. The first-order chi connectivity index (χ1) is 11.6. The number of nitrogens with one attached hydrogen (secondary N) is 1. The van der Waals surface area contributed by atoms with Gasteiger partial charge in [0, 0.05) is 24.0 Å². The van der Waals surface area contributed by atoms with E-state index >= 15 is 0 Å². The number of nitrogens with zero attached hydrogens (tertiary/aromatic N) is 2. The van der Waals surface area contributed by atoms with E-state index in [9.17, 15) is 8.78 Å². The summed E-state index contributed by atoms with van der Waals surface area (Å²) < 4.78 is 34.2. The van der Waals surface area contributed by atoms with Gasteiger partial charge < -0.3 is 20.5 Å². The zero-order valence-electron chi connectivity index (χ0n) is 13.1. The third kappa shape index (κ3) is 5.71. The fourth-order valence-corrected chi connectivity index (χ4v) is 1.84. The summed E-state index contributed by atoms with van der Waals surface area (Å²) >= 11 is 0. The summed E-state index contributed by atoms with van der Waals surface area (Å²) in [5.74, 6) is 1.04. The zero-order valence-corrected chi connectivity index (χ0v) is 13.1. The van der Waals surface area contributed by atoms with Gasteiger partial charge in [0.25, 0.3) is 6.43 Å². The number of aromatic nitrogens is 1. The third-order valence-corrected chi connectivity index (χ3v) is 2.93. The molecule has 0 saturated carbocycles. The van der Waals surface area contributed by atoms with Crippen LogP contribution in [0.2, 0.25) is 0 Å². The van der Waals surface area contributed by atoms with Crippen LogP contribution in [0.3, 0.4) is 0 Å². The molecule has 1 heterocycles. The molecule has 0 saturated heterocycles. The molecule has 0 amide bonds. The lowest BCUT2D eigenvalue weighted by molar-refractivity contribution is 0.0795. The van der Waals surface area contributed by atoms with E-state index in [1.165, 1.54) is 6.20 Å². The van der Waals surface area contributed by atoms with E-state index in [0.717, 1.165) is 11.3 Å². The van der Waals surface area contributed by atoms with Crippen molar-refractivity contribution in [1.29, 1.82) is 0 Å². The molecule has 0 spiro atoms. The number of ether oxygens (including phenoxy) is 2. The molecule has 2 rings (SSSR count). The summed E-state index contributed by atoms with van der Waals surface area (Å²) in [6.07, 6.45) is -1.08. The van der Waals surface area contributed by atoms with E-state index in [4.69, 9.17) is 15.2 Å². The van der Waals surface area contributed by atoms with Crippen LogP contribution >= 0.6 is 0 Å². The number of hydrogen-bond acceptors (Lipinski definition) is 4. The Morgan fingerprint density at radius 2 is 2.17 bits per heavy atom. The Bertz CT molecular complexity index is 695. The molecule has 3 N–H and O–H groups in total. The smallest absolute Gasteiger partial charge is 0.272 e. The van der Waals surface area contributed by atoms with Gasteiger partial charge in [-0.05, 0) is 23.8 Å². The monoisotopic (exact) mass is 336 g/mol. The summed E-state index contributed by atoms with van der Waals surface area (Å²) in [5.41, 5.74) is 7.32. The van der Waals surface area contributed by atoms with Crippen molar-refractivity contribution < 1.29 is 18.3 Å². The molecule has 0 aliphatic carbocycles. The Hall–Kier alpha value is -2.90. The van der Waals surface area contributed by atoms with Crippen molar-refractivity contribution in [3.05, 3.63) is 48.2 Å². The van der Waals surface area contributed by atoms with E-state index in [-0.39, 0.29) is 18.4 Å². The van der Waals surface area contributed by atoms with E-state index in [1.807, 2.05) is 18.2 Å². The second-order valence-electron chi connectivity index (χ2n) is 4.76. The number of halogens is 2. The second-order valence-corrected chi connectivity index (χ2v) is 4.76. The highest BCUT2D eigenvalue weighted by atomic mass is 19.3. The molecule has 0 aliphatic rings. The van der Waals surface area contributed by atoms with Gasteiger partial charge in [0.1, 0.15) is 5.75 Å². The van der Waals surface area contributed by atoms with Crippen molar-refractivity contribution >= 4 is 11.6 Å². The van der Waals surface area contributed by atoms with Crippen LogP contribution in [-0.4, -0.2) is 31.1 Å². The van der Waals surface area contributed by atoms with Gasteiger partial charge in [-0.25, -0.2) is 18.8 Å². The van der Waals surface area contributed by atoms with E-state index in [0.29, 0.717) is 5.75 Å². The first-order valence-electron chi connectivity index (χ1n) is 7.13.